The summed E-state index contributed by atoms with van der Waals surface area (Å²) in [7, 11) is 1.47. The van der Waals surface area contributed by atoms with Gasteiger partial charge >= 0.3 is 11.9 Å². The van der Waals surface area contributed by atoms with Gasteiger partial charge in [0, 0.05) is 18.4 Å². The normalized spacial score (nSPS) is 22.9. The van der Waals surface area contributed by atoms with E-state index in [1.807, 2.05) is 13.8 Å². The van der Waals surface area contributed by atoms with Gasteiger partial charge in [-0.05, 0) is 113 Å². The molecular formula is C39H50N4O5. The van der Waals surface area contributed by atoms with Crippen LogP contribution in [0.3, 0.4) is 0 Å². The second kappa shape index (κ2) is 16.2. The van der Waals surface area contributed by atoms with E-state index in [0.29, 0.717) is 41.6 Å². The molecule has 0 unspecified atom stereocenters. The molecule has 0 bridgehead atoms. The van der Waals surface area contributed by atoms with Gasteiger partial charge < -0.3 is 20.3 Å². The number of hydrogen-bond acceptors (Lipinski definition) is 8. The number of carboxylic acids is 1. The highest BCUT2D eigenvalue weighted by Crippen LogP contribution is 2.41. The Labute approximate surface area is 284 Å². The molecule has 0 radical (unpaired) electrons. The van der Waals surface area contributed by atoms with Crippen molar-refractivity contribution in [3.05, 3.63) is 77.6 Å². The highest BCUT2D eigenvalue weighted by molar-refractivity contribution is 6.09. The van der Waals surface area contributed by atoms with E-state index in [4.69, 9.17) is 25.3 Å². The second-order valence-electron chi connectivity index (χ2n) is 14.0. The van der Waals surface area contributed by atoms with Crippen LogP contribution in [0, 0.1) is 11.8 Å². The minimum Gasteiger partial charge on any atom is -0.481 e. The summed E-state index contributed by atoms with van der Waals surface area (Å²) in [5.74, 6) is 2.46. The minimum absolute atomic E-state index is 0.0693. The Kier molecular flexibility index (Phi) is 11.8. The maximum absolute atomic E-state index is 11.1. The first-order valence-corrected chi connectivity index (χ1v) is 17.5. The Hall–Kier alpha value is -4.27. The molecule has 2 saturated carbocycles. The van der Waals surface area contributed by atoms with Gasteiger partial charge in [-0.1, -0.05) is 54.6 Å². The molecule has 2 aliphatic carbocycles. The van der Waals surface area contributed by atoms with Gasteiger partial charge in [-0.25, -0.2) is 9.98 Å². The first kappa shape index (κ1) is 35.0. The van der Waals surface area contributed by atoms with Crippen LogP contribution >= 0.6 is 0 Å². The van der Waals surface area contributed by atoms with Gasteiger partial charge in [-0.3, -0.25) is 9.59 Å². The van der Waals surface area contributed by atoms with Crippen molar-refractivity contribution in [2.24, 2.45) is 16.8 Å². The number of carbonyl (C=O) groups is 2. The lowest BCUT2D eigenvalue weighted by Crippen LogP contribution is -2.41. The molecule has 1 aliphatic heterocycles. The number of nitrogen functional groups attached to an aromatic ring is 1. The number of ether oxygens (including phenoxy) is 2. The lowest BCUT2D eigenvalue weighted by atomic mass is 9.77. The Morgan fingerprint density at radius 3 is 1.96 bits per heavy atom. The van der Waals surface area contributed by atoms with Gasteiger partial charge in [0.2, 0.25) is 5.88 Å². The monoisotopic (exact) mass is 654 g/mol. The first-order chi connectivity index (χ1) is 23.1. The zero-order chi connectivity index (χ0) is 34.1. The fourth-order valence-corrected chi connectivity index (χ4v) is 7.46. The van der Waals surface area contributed by atoms with Crippen molar-refractivity contribution in [2.45, 2.75) is 108 Å². The fraction of sp³-hybridized carbons (Fsp3) is 0.513. The van der Waals surface area contributed by atoms with Gasteiger partial charge in [-0.15, -0.1) is 0 Å². The smallest absolute Gasteiger partial charge is 0.305 e. The van der Waals surface area contributed by atoms with Crippen LogP contribution in [-0.4, -0.2) is 45.4 Å². The van der Waals surface area contributed by atoms with Crippen molar-refractivity contribution in [3.8, 4) is 5.88 Å². The third-order valence-electron chi connectivity index (χ3n) is 10.3. The summed E-state index contributed by atoms with van der Waals surface area (Å²) < 4.78 is 10.8. The Morgan fingerprint density at radius 1 is 0.833 bits per heavy atom. The van der Waals surface area contributed by atoms with Crippen molar-refractivity contribution in [2.75, 3.05) is 12.8 Å². The number of esters is 1. The number of nitrogens with zero attached hydrogens (tertiary/aromatic N) is 3. The van der Waals surface area contributed by atoms with Crippen LogP contribution in [0.15, 0.2) is 65.9 Å². The molecule has 2 heterocycles. The Morgan fingerprint density at radius 2 is 1.40 bits per heavy atom. The van der Waals surface area contributed by atoms with Crippen LogP contribution in [0.2, 0.25) is 0 Å². The SMILES string of the molecule is CC1(C)Oc2ncnc(N)c2N=C1c1ccc(C2CCC(CCC(=O)O)CC2)cc1.COC(=O)CCC1CCC(c2ccccc2)CC1. The maximum atomic E-state index is 11.1. The van der Waals surface area contributed by atoms with Gasteiger partial charge in [-0.2, -0.15) is 4.98 Å². The van der Waals surface area contributed by atoms with E-state index in [1.165, 1.54) is 50.2 Å². The molecule has 2 fully saturated rings. The number of nitrogens with two attached hydrogens (primary N) is 1. The number of rotatable bonds is 9. The molecule has 0 spiro atoms. The van der Waals surface area contributed by atoms with Gasteiger partial charge in [0.15, 0.2) is 11.5 Å². The standard InChI is InChI=1S/C23H28N4O3.C16H22O2/c1-23(2)20(27-19-21(24)25-13-26-22(19)30-23)17-10-8-16(9-11-17)15-6-3-14(4-7-15)5-12-18(28)29;1-18-16(17)12-9-13-7-10-15(11-8-13)14-5-3-2-4-6-14/h8-11,13-15H,3-7,12H2,1-2H3,(H,28,29)(H2,24,25,26);2-6,13,15H,7-12H2,1H3. The summed E-state index contributed by atoms with van der Waals surface area (Å²) in [4.78, 5) is 34.8. The molecule has 2 aromatic carbocycles. The van der Waals surface area contributed by atoms with Crippen molar-refractivity contribution >= 4 is 29.2 Å². The summed E-state index contributed by atoms with van der Waals surface area (Å²) >= 11 is 0. The zero-order valence-electron chi connectivity index (χ0n) is 28.6. The molecule has 0 atom stereocenters. The lowest BCUT2D eigenvalue weighted by molar-refractivity contribution is -0.141. The number of methoxy groups -OCH3 is 1. The number of aliphatic imine (C=N–C) groups is 1. The molecule has 0 amide bonds. The van der Waals surface area contributed by atoms with E-state index >= 15 is 0 Å². The van der Waals surface area contributed by atoms with E-state index in [1.54, 1.807) is 0 Å². The van der Waals surface area contributed by atoms with E-state index in [9.17, 15) is 9.59 Å². The summed E-state index contributed by atoms with van der Waals surface area (Å²) in [6, 6.07) is 19.3. The first-order valence-electron chi connectivity index (χ1n) is 17.5. The molecule has 48 heavy (non-hydrogen) atoms. The largest absolute Gasteiger partial charge is 0.481 e. The average Bonchev–Trinajstić information content (AvgIpc) is 3.10. The maximum Gasteiger partial charge on any atom is 0.305 e. The van der Waals surface area contributed by atoms with Crippen molar-refractivity contribution in [1.29, 1.82) is 0 Å². The van der Waals surface area contributed by atoms with E-state index < -0.39 is 11.6 Å². The van der Waals surface area contributed by atoms with Crippen LogP contribution in [0.5, 0.6) is 5.88 Å². The number of anilines is 1. The van der Waals surface area contributed by atoms with Crippen LogP contribution < -0.4 is 10.5 Å². The van der Waals surface area contributed by atoms with E-state index in [2.05, 4.69) is 64.6 Å². The van der Waals surface area contributed by atoms with Gasteiger partial charge in [0.05, 0.1) is 12.8 Å². The second-order valence-corrected chi connectivity index (χ2v) is 14.0. The van der Waals surface area contributed by atoms with Crippen molar-refractivity contribution in [1.82, 2.24) is 9.97 Å². The predicted octanol–water partition coefficient (Wildman–Crippen LogP) is 8.40. The van der Waals surface area contributed by atoms with Gasteiger partial charge in [0.25, 0.3) is 0 Å². The molecule has 256 valence electrons. The summed E-state index contributed by atoms with van der Waals surface area (Å²) in [5.41, 5.74) is 10.4. The van der Waals surface area contributed by atoms with E-state index in [-0.39, 0.29) is 12.4 Å². The molecule has 3 aromatic rings. The molecule has 1 aromatic heterocycles. The molecular weight excluding hydrogens is 604 g/mol. The number of aliphatic carboxylic acids is 1. The minimum atomic E-state index is -0.693. The molecule has 0 saturated heterocycles. The highest BCUT2D eigenvalue weighted by Gasteiger charge is 2.35. The number of carbonyl (C=O) groups excluding carboxylic acids is 1. The number of aromatic nitrogens is 2. The number of carboxylic acid groups (broad SMARTS) is 1. The summed E-state index contributed by atoms with van der Waals surface area (Å²) in [5, 5.41) is 8.88. The third kappa shape index (κ3) is 9.20. The fourth-order valence-electron chi connectivity index (χ4n) is 7.46. The van der Waals surface area contributed by atoms with Crippen molar-refractivity contribution in [3.63, 3.8) is 0 Å². The predicted molar refractivity (Wildman–Crippen MR) is 188 cm³/mol. The summed E-state index contributed by atoms with van der Waals surface area (Å²) in [6.45, 7) is 3.94. The third-order valence-corrected chi connectivity index (χ3v) is 10.3. The molecule has 3 N–H and O–H groups in total. The average molecular weight is 655 g/mol. The van der Waals surface area contributed by atoms with Crippen LogP contribution in [-0.2, 0) is 14.3 Å². The van der Waals surface area contributed by atoms with Gasteiger partial charge in [0.1, 0.15) is 11.9 Å². The van der Waals surface area contributed by atoms with Crippen molar-refractivity contribution < 1.29 is 24.2 Å². The van der Waals surface area contributed by atoms with Crippen LogP contribution in [0.25, 0.3) is 0 Å². The molecule has 9 heteroatoms. The van der Waals surface area contributed by atoms with Crippen LogP contribution in [0.4, 0.5) is 11.5 Å². The van der Waals surface area contributed by atoms with Crippen LogP contribution in [0.1, 0.15) is 119 Å². The number of fused-ring (bicyclic) bond motifs is 1. The summed E-state index contributed by atoms with van der Waals surface area (Å²) in [6.07, 6.45) is 13.5. The topological polar surface area (TPSA) is 137 Å². The zero-order valence-corrected chi connectivity index (χ0v) is 28.6. The molecule has 3 aliphatic rings. The Balaban J connectivity index is 0.000000214. The quantitative estimate of drug-likeness (QED) is 0.220. The molecule has 9 nitrogen and oxygen atoms in total. The van der Waals surface area contributed by atoms with E-state index in [0.717, 1.165) is 55.7 Å². The highest BCUT2D eigenvalue weighted by atomic mass is 16.5. The number of benzene rings is 2. The Bertz CT molecular complexity index is 1540. The molecule has 6 rings (SSSR count). The lowest BCUT2D eigenvalue weighted by Gasteiger charge is -2.32. The number of hydrogen-bond donors (Lipinski definition) is 2.